The standard InChI is InChI=1S/C13H23N3O3/c1-3-18-13(6-4-9(2)5-7-13)12-15-11(19-16-12)10(17)8-14/h9-10,17H,3-8,14H2,1-2H3/t9?,10-,13?/m0/s1. The Bertz CT molecular complexity index is 400. The normalized spacial score (nSPS) is 29.4. The molecule has 0 bridgehead atoms. The molecule has 0 aromatic carbocycles. The van der Waals surface area contributed by atoms with Crippen molar-refractivity contribution < 1.29 is 14.4 Å². The van der Waals surface area contributed by atoms with Gasteiger partial charge < -0.3 is 20.1 Å². The summed E-state index contributed by atoms with van der Waals surface area (Å²) < 4.78 is 11.0. The van der Waals surface area contributed by atoms with E-state index in [4.69, 9.17) is 15.0 Å². The van der Waals surface area contributed by atoms with Crippen molar-refractivity contribution in [2.75, 3.05) is 13.2 Å². The van der Waals surface area contributed by atoms with Crippen LogP contribution in [0.3, 0.4) is 0 Å². The molecule has 0 amide bonds. The van der Waals surface area contributed by atoms with Crippen LogP contribution in [-0.2, 0) is 10.3 Å². The SMILES string of the molecule is CCOC1(c2noc([C@@H](O)CN)n2)CCC(C)CC1. The number of nitrogens with two attached hydrogens (primary N) is 1. The summed E-state index contributed by atoms with van der Waals surface area (Å²) in [4.78, 5) is 4.29. The Morgan fingerprint density at radius 1 is 1.53 bits per heavy atom. The van der Waals surface area contributed by atoms with Crippen molar-refractivity contribution in [2.24, 2.45) is 11.7 Å². The van der Waals surface area contributed by atoms with Crippen LogP contribution in [-0.4, -0.2) is 28.4 Å². The molecule has 1 heterocycles. The van der Waals surface area contributed by atoms with E-state index in [1.165, 1.54) is 0 Å². The van der Waals surface area contributed by atoms with E-state index in [1.807, 2.05) is 6.92 Å². The second kappa shape index (κ2) is 5.98. The fraction of sp³-hybridized carbons (Fsp3) is 0.846. The number of hydrogen-bond acceptors (Lipinski definition) is 6. The molecule has 0 unspecified atom stereocenters. The molecular weight excluding hydrogens is 246 g/mol. The van der Waals surface area contributed by atoms with E-state index in [1.54, 1.807) is 0 Å². The highest BCUT2D eigenvalue weighted by Crippen LogP contribution is 2.41. The van der Waals surface area contributed by atoms with E-state index in [2.05, 4.69) is 17.1 Å². The lowest BCUT2D eigenvalue weighted by atomic mass is 9.79. The van der Waals surface area contributed by atoms with E-state index < -0.39 is 11.7 Å². The number of hydrogen-bond donors (Lipinski definition) is 2. The lowest BCUT2D eigenvalue weighted by Gasteiger charge is -2.36. The van der Waals surface area contributed by atoms with Crippen LogP contribution in [0.15, 0.2) is 4.52 Å². The molecule has 2 rings (SSSR count). The summed E-state index contributed by atoms with van der Waals surface area (Å²) in [6, 6.07) is 0. The van der Waals surface area contributed by atoms with E-state index in [9.17, 15) is 5.11 Å². The monoisotopic (exact) mass is 269 g/mol. The maximum atomic E-state index is 9.63. The predicted molar refractivity (Wildman–Crippen MR) is 69.2 cm³/mol. The van der Waals surface area contributed by atoms with Gasteiger partial charge in [-0.2, -0.15) is 4.98 Å². The van der Waals surface area contributed by atoms with Crippen LogP contribution >= 0.6 is 0 Å². The van der Waals surface area contributed by atoms with Gasteiger partial charge in [-0.25, -0.2) is 0 Å². The quantitative estimate of drug-likeness (QED) is 0.841. The van der Waals surface area contributed by atoms with Crippen molar-refractivity contribution in [3.63, 3.8) is 0 Å². The zero-order chi connectivity index (χ0) is 13.9. The predicted octanol–water partition coefficient (Wildman–Crippen LogP) is 1.50. The van der Waals surface area contributed by atoms with Gasteiger partial charge in [-0.3, -0.25) is 0 Å². The molecule has 1 aromatic heterocycles. The van der Waals surface area contributed by atoms with Crippen LogP contribution in [0.4, 0.5) is 0 Å². The van der Waals surface area contributed by atoms with Gasteiger partial charge >= 0.3 is 0 Å². The first-order chi connectivity index (χ1) is 9.11. The number of aliphatic hydroxyl groups is 1. The minimum Gasteiger partial charge on any atom is -0.382 e. The van der Waals surface area contributed by atoms with Gasteiger partial charge in [0.05, 0.1) is 0 Å². The largest absolute Gasteiger partial charge is 0.382 e. The molecule has 6 heteroatoms. The van der Waals surface area contributed by atoms with Crippen molar-refractivity contribution in [1.82, 2.24) is 10.1 Å². The van der Waals surface area contributed by atoms with Gasteiger partial charge in [0, 0.05) is 13.2 Å². The van der Waals surface area contributed by atoms with Gasteiger partial charge in [-0.15, -0.1) is 0 Å². The van der Waals surface area contributed by atoms with Crippen LogP contribution < -0.4 is 5.73 Å². The van der Waals surface area contributed by atoms with Crippen LogP contribution in [0.25, 0.3) is 0 Å². The molecule has 6 nitrogen and oxygen atoms in total. The first kappa shape index (κ1) is 14.4. The minimum absolute atomic E-state index is 0.0697. The fourth-order valence-corrected chi connectivity index (χ4v) is 2.59. The van der Waals surface area contributed by atoms with Gasteiger partial charge in [-0.1, -0.05) is 12.1 Å². The molecule has 0 radical (unpaired) electrons. The highest BCUT2D eigenvalue weighted by molar-refractivity contribution is 5.05. The Hall–Kier alpha value is -0.980. The Labute approximate surface area is 113 Å². The molecule has 0 aliphatic heterocycles. The topological polar surface area (TPSA) is 94.4 Å². The van der Waals surface area contributed by atoms with Gasteiger partial charge in [0.1, 0.15) is 11.7 Å². The molecule has 19 heavy (non-hydrogen) atoms. The Balaban J connectivity index is 2.21. The van der Waals surface area contributed by atoms with Crippen molar-refractivity contribution in [3.05, 3.63) is 11.7 Å². The molecule has 1 atom stereocenters. The first-order valence-corrected chi connectivity index (χ1v) is 6.97. The molecule has 108 valence electrons. The Morgan fingerprint density at radius 2 is 2.21 bits per heavy atom. The van der Waals surface area contributed by atoms with Gasteiger partial charge in [0.2, 0.25) is 5.82 Å². The third kappa shape index (κ3) is 2.96. The summed E-state index contributed by atoms with van der Waals surface area (Å²) in [6.07, 6.45) is 3.05. The molecule has 1 fully saturated rings. The van der Waals surface area contributed by atoms with Crippen LogP contribution in [0.2, 0.25) is 0 Å². The van der Waals surface area contributed by atoms with Crippen molar-refractivity contribution in [1.29, 1.82) is 0 Å². The lowest BCUT2D eigenvalue weighted by Crippen LogP contribution is -2.35. The van der Waals surface area contributed by atoms with Crippen molar-refractivity contribution in [2.45, 2.75) is 51.2 Å². The van der Waals surface area contributed by atoms with E-state index >= 15 is 0 Å². The molecule has 1 aliphatic carbocycles. The zero-order valence-electron chi connectivity index (χ0n) is 11.6. The summed E-state index contributed by atoms with van der Waals surface area (Å²) in [5.41, 5.74) is 4.93. The second-order valence-corrected chi connectivity index (χ2v) is 5.32. The highest BCUT2D eigenvalue weighted by atomic mass is 16.5. The average Bonchev–Trinajstić information content (AvgIpc) is 2.91. The summed E-state index contributed by atoms with van der Waals surface area (Å²) in [5.74, 6) is 1.42. The minimum atomic E-state index is -0.901. The summed E-state index contributed by atoms with van der Waals surface area (Å²) in [7, 11) is 0. The maximum Gasteiger partial charge on any atom is 0.256 e. The third-order valence-electron chi connectivity index (χ3n) is 3.86. The van der Waals surface area contributed by atoms with Crippen LogP contribution in [0, 0.1) is 5.92 Å². The second-order valence-electron chi connectivity index (χ2n) is 5.32. The number of rotatable bonds is 5. The van der Waals surface area contributed by atoms with Crippen LogP contribution in [0.1, 0.15) is 57.3 Å². The number of aromatic nitrogens is 2. The van der Waals surface area contributed by atoms with Gasteiger partial charge in [-0.05, 0) is 38.5 Å². The lowest BCUT2D eigenvalue weighted by molar-refractivity contribution is -0.0847. The molecule has 3 N–H and O–H groups in total. The maximum absolute atomic E-state index is 9.63. The summed E-state index contributed by atoms with van der Waals surface area (Å²) in [6.45, 7) is 4.89. The molecule has 0 saturated heterocycles. The number of ether oxygens (including phenoxy) is 1. The molecule has 1 aromatic rings. The van der Waals surface area contributed by atoms with Gasteiger partial charge in [0.15, 0.2) is 0 Å². The highest BCUT2D eigenvalue weighted by Gasteiger charge is 2.41. The molecule has 1 saturated carbocycles. The number of nitrogens with zero attached hydrogens (tertiary/aromatic N) is 2. The molecule has 1 aliphatic rings. The van der Waals surface area contributed by atoms with Crippen LogP contribution in [0.5, 0.6) is 0 Å². The van der Waals surface area contributed by atoms with Crippen molar-refractivity contribution in [3.8, 4) is 0 Å². The smallest absolute Gasteiger partial charge is 0.256 e. The number of aliphatic hydroxyl groups excluding tert-OH is 1. The van der Waals surface area contributed by atoms with E-state index in [-0.39, 0.29) is 12.4 Å². The molecule has 0 spiro atoms. The average molecular weight is 269 g/mol. The summed E-state index contributed by atoms with van der Waals surface area (Å²) in [5, 5.41) is 13.6. The fourth-order valence-electron chi connectivity index (χ4n) is 2.59. The van der Waals surface area contributed by atoms with Crippen molar-refractivity contribution >= 4 is 0 Å². The Kier molecular flexibility index (Phi) is 4.54. The Morgan fingerprint density at radius 3 is 2.79 bits per heavy atom. The molecular formula is C13H23N3O3. The first-order valence-electron chi connectivity index (χ1n) is 6.97. The zero-order valence-corrected chi connectivity index (χ0v) is 11.6. The van der Waals surface area contributed by atoms with E-state index in [0.29, 0.717) is 18.3 Å². The third-order valence-corrected chi connectivity index (χ3v) is 3.86. The summed E-state index contributed by atoms with van der Waals surface area (Å²) >= 11 is 0. The van der Waals surface area contributed by atoms with Gasteiger partial charge in [0.25, 0.3) is 5.89 Å². The van der Waals surface area contributed by atoms with E-state index in [0.717, 1.165) is 25.7 Å².